The van der Waals surface area contributed by atoms with Gasteiger partial charge in [-0.15, -0.1) is 22.7 Å². The molecule has 4 nitrogen and oxygen atoms in total. The Morgan fingerprint density at radius 1 is 1.29 bits per heavy atom. The fourth-order valence-corrected chi connectivity index (χ4v) is 3.45. The zero-order valence-corrected chi connectivity index (χ0v) is 11.0. The number of nitrogens with zero attached hydrogens (tertiary/aromatic N) is 1. The summed E-state index contributed by atoms with van der Waals surface area (Å²) in [6.07, 6.45) is 0. The molecule has 0 saturated heterocycles. The summed E-state index contributed by atoms with van der Waals surface area (Å²) in [6, 6.07) is 0. The molecule has 0 aliphatic carbocycles. The number of aromatic nitrogens is 1. The lowest BCUT2D eigenvalue weighted by atomic mass is 10.3. The standard InChI is InChI=1S/C11H12N2O2S2/c1-12-4-9-13-7(5-16-9)11-10-8(6-17-11)14-2-3-15-10/h5-6,12H,2-4H2,1H3. The van der Waals surface area contributed by atoms with Crippen LogP contribution >= 0.6 is 22.7 Å². The number of nitrogens with one attached hydrogen (secondary N) is 1. The van der Waals surface area contributed by atoms with Crippen molar-refractivity contribution in [2.75, 3.05) is 20.3 Å². The third kappa shape index (κ3) is 2.03. The Morgan fingerprint density at radius 2 is 2.18 bits per heavy atom. The Hall–Kier alpha value is -1.11. The summed E-state index contributed by atoms with van der Waals surface area (Å²) in [6.45, 7) is 2.05. The maximum Gasteiger partial charge on any atom is 0.181 e. The molecule has 0 saturated carbocycles. The summed E-state index contributed by atoms with van der Waals surface area (Å²) in [4.78, 5) is 5.65. The third-order valence-electron chi connectivity index (χ3n) is 2.41. The molecule has 3 rings (SSSR count). The van der Waals surface area contributed by atoms with Crippen LogP contribution in [0.5, 0.6) is 11.5 Å². The van der Waals surface area contributed by atoms with E-state index in [-0.39, 0.29) is 0 Å². The summed E-state index contributed by atoms with van der Waals surface area (Å²) >= 11 is 3.28. The van der Waals surface area contributed by atoms with Crippen molar-refractivity contribution in [3.05, 3.63) is 15.8 Å². The zero-order valence-electron chi connectivity index (χ0n) is 9.36. The number of thiophene rings is 1. The van der Waals surface area contributed by atoms with Gasteiger partial charge in [-0.2, -0.15) is 0 Å². The van der Waals surface area contributed by atoms with Gasteiger partial charge in [0.25, 0.3) is 0 Å². The molecule has 1 aliphatic rings. The van der Waals surface area contributed by atoms with Crippen LogP contribution in [-0.2, 0) is 6.54 Å². The Bertz CT molecular complexity index is 521. The molecule has 6 heteroatoms. The van der Waals surface area contributed by atoms with Gasteiger partial charge < -0.3 is 14.8 Å². The maximum atomic E-state index is 5.65. The van der Waals surface area contributed by atoms with E-state index in [1.165, 1.54) is 0 Å². The number of hydrogen-bond acceptors (Lipinski definition) is 6. The molecule has 2 aromatic rings. The van der Waals surface area contributed by atoms with Crippen LogP contribution in [0.2, 0.25) is 0 Å². The maximum absolute atomic E-state index is 5.65. The Balaban J connectivity index is 1.94. The molecule has 1 aliphatic heterocycles. The Kier molecular flexibility index (Phi) is 3.00. The molecule has 0 bridgehead atoms. The first-order valence-electron chi connectivity index (χ1n) is 5.35. The highest BCUT2D eigenvalue weighted by Crippen LogP contribution is 2.45. The van der Waals surface area contributed by atoms with Gasteiger partial charge >= 0.3 is 0 Å². The summed E-state index contributed by atoms with van der Waals surface area (Å²) < 4.78 is 11.2. The number of rotatable bonds is 3. The summed E-state index contributed by atoms with van der Waals surface area (Å²) in [5.41, 5.74) is 0.983. The smallest absolute Gasteiger partial charge is 0.181 e. The van der Waals surface area contributed by atoms with Crippen molar-refractivity contribution >= 4 is 22.7 Å². The lowest BCUT2D eigenvalue weighted by molar-refractivity contribution is 0.174. The second-order valence-corrected chi connectivity index (χ2v) is 5.43. The highest BCUT2D eigenvalue weighted by Gasteiger charge is 2.21. The van der Waals surface area contributed by atoms with Crippen LogP contribution in [0.3, 0.4) is 0 Å². The summed E-state index contributed by atoms with van der Waals surface area (Å²) in [5.74, 6) is 1.70. The monoisotopic (exact) mass is 268 g/mol. The van der Waals surface area contributed by atoms with Gasteiger partial charge in [-0.3, -0.25) is 0 Å². The highest BCUT2D eigenvalue weighted by atomic mass is 32.1. The molecular weight excluding hydrogens is 256 g/mol. The molecule has 0 unspecified atom stereocenters. The zero-order chi connectivity index (χ0) is 11.7. The second kappa shape index (κ2) is 4.64. The van der Waals surface area contributed by atoms with Gasteiger partial charge in [0.15, 0.2) is 11.5 Å². The first-order chi connectivity index (χ1) is 8.38. The number of fused-ring (bicyclic) bond motifs is 1. The molecule has 0 atom stereocenters. The molecule has 0 fully saturated rings. The van der Waals surface area contributed by atoms with Crippen molar-refractivity contribution in [2.45, 2.75) is 6.54 Å². The van der Waals surface area contributed by atoms with Crippen molar-refractivity contribution in [2.24, 2.45) is 0 Å². The molecule has 0 aromatic carbocycles. The van der Waals surface area contributed by atoms with Crippen molar-refractivity contribution in [3.63, 3.8) is 0 Å². The van der Waals surface area contributed by atoms with Crippen molar-refractivity contribution in [1.29, 1.82) is 0 Å². The van der Waals surface area contributed by atoms with Gasteiger partial charge in [-0.05, 0) is 7.05 Å². The number of hydrogen-bond donors (Lipinski definition) is 1. The van der Waals surface area contributed by atoms with Gasteiger partial charge in [0.05, 0.1) is 10.6 Å². The fraction of sp³-hybridized carbons (Fsp3) is 0.364. The van der Waals surface area contributed by atoms with E-state index >= 15 is 0 Å². The van der Waals surface area contributed by atoms with E-state index in [0.29, 0.717) is 13.2 Å². The van der Waals surface area contributed by atoms with E-state index in [4.69, 9.17) is 9.47 Å². The normalized spacial score (nSPS) is 13.9. The Labute approximate surface area is 107 Å². The van der Waals surface area contributed by atoms with Crippen LogP contribution in [0.25, 0.3) is 10.6 Å². The Morgan fingerprint density at radius 3 is 3.06 bits per heavy atom. The molecule has 0 radical (unpaired) electrons. The van der Waals surface area contributed by atoms with Gasteiger partial charge in [0.1, 0.15) is 18.2 Å². The van der Waals surface area contributed by atoms with E-state index < -0.39 is 0 Å². The van der Waals surface area contributed by atoms with Crippen LogP contribution in [-0.4, -0.2) is 25.2 Å². The van der Waals surface area contributed by atoms with E-state index in [1.54, 1.807) is 22.7 Å². The molecule has 1 N–H and O–H groups in total. The minimum atomic E-state index is 0.615. The lowest BCUT2D eigenvalue weighted by Crippen LogP contribution is -2.14. The molecule has 90 valence electrons. The first-order valence-corrected chi connectivity index (χ1v) is 7.11. The van der Waals surface area contributed by atoms with Crippen molar-refractivity contribution in [1.82, 2.24) is 10.3 Å². The third-order valence-corrected chi connectivity index (χ3v) is 4.22. The first kappa shape index (κ1) is 11.0. The van der Waals surface area contributed by atoms with E-state index in [2.05, 4.69) is 15.7 Å². The number of thiazole rings is 1. The number of ether oxygens (including phenoxy) is 2. The molecule has 17 heavy (non-hydrogen) atoms. The molecule has 2 aromatic heterocycles. The minimum Gasteiger partial charge on any atom is -0.485 e. The topological polar surface area (TPSA) is 43.4 Å². The van der Waals surface area contributed by atoms with Gasteiger partial charge in [0.2, 0.25) is 0 Å². The summed E-state index contributed by atoms with van der Waals surface area (Å²) in [5, 5.41) is 8.24. The van der Waals surface area contributed by atoms with Crippen LogP contribution in [0.4, 0.5) is 0 Å². The predicted molar refractivity (Wildman–Crippen MR) is 69.2 cm³/mol. The molecular formula is C11H12N2O2S2. The van der Waals surface area contributed by atoms with Crippen LogP contribution in [0, 0.1) is 0 Å². The quantitative estimate of drug-likeness (QED) is 0.928. The van der Waals surface area contributed by atoms with E-state index in [9.17, 15) is 0 Å². The highest BCUT2D eigenvalue weighted by molar-refractivity contribution is 7.15. The molecule has 0 amide bonds. The van der Waals surface area contributed by atoms with Crippen molar-refractivity contribution in [3.8, 4) is 22.1 Å². The largest absolute Gasteiger partial charge is 0.485 e. The van der Waals surface area contributed by atoms with E-state index in [0.717, 1.165) is 33.6 Å². The average molecular weight is 268 g/mol. The van der Waals surface area contributed by atoms with Crippen LogP contribution in [0.15, 0.2) is 10.8 Å². The fourth-order valence-electron chi connectivity index (χ4n) is 1.69. The minimum absolute atomic E-state index is 0.615. The summed E-state index contributed by atoms with van der Waals surface area (Å²) in [7, 11) is 1.92. The predicted octanol–water partition coefficient (Wildman–Crippen LogP) is 2.36. The van der Waals surface area contributed by atoms with Gasteiger partial charge in [0, 0.05) is 17.3 Å². The lowest BCUT2D eigenvalue weighted by Gasteiger charge is -2.15. The van der Waals surface area contributed by atoms with Crippen LogP contribution < -0.4 is 14.8 Å². The van der Waals surface area contributed by atoms with E-state index in [1.807, 2.05) is 12.4 Å². The van der Waals surface area contributed by atoms with Crippen LogP contribution in [0.1, 0.15) is 5.01 Å². The van der Waals surface area contributed by atoms with Gasteiger partial charge in [-0.1, -0.05) is 0 Å². The second-order valence-electron chi connectivity index (χ2n) is 3.61. The molecule has 3 heterocycles. The molecule has 0 spiro atoms. The van der Waals surface area contributed by atoms with Gasteiger partial charge in [-0.25, -0.2) is 4.98 Å². The SMILES string of the molecule is CNCc1nc(-c2scc3c2OCCO3)cs1. The average Bonchev–Trinajstić information content (AvgIpc) is 2.95. The van der Waals surface area contributed by atoms with Crippen molar-refractivity contribution < 1.29 is 9.47 Å².